The van der Waals surface area contributed by atoms with E-state index in [2.05, 4.69) is 39.8 Å². The van der Waals surface area contributed by atoms with E-state index in [1.807, 2.05) is 18.2 Å². The minimum atomic E-state index is -0.643. The first kappa shape index (κ1) is 13.1. The zero-order valence-electron chi connectivity index (χ0n) is 11.6. The van der Waals surface area contributed by atoms with Gasteiger partial charge in [-0.1, -0.05) is 58.0 Å². The number of rotatable bonds is 4. The number of hydrogen-bond acceptors (Lipinski definition) is 1. The van der Waals surface area contributed by atoms with Crippen LogP contribution in [-0.4, -0.2) is 11.1 Å². The van der Waals surface area contributed by atoms with Crippen molar-refractivity contribution in [2.45, 2.75) is 40.0 Å². The third-order valence-corrected chi connectivity index (χ3v) is 4.54. The first-order valence-corrected chi connectivity index (χ1v) is 6.61. The summed E-state index contributed by atoms with van der Waals surface area (Å²) >= 11 is 0. The van der Waals surface area contributed by atoms with Gasteiger partial charge in [-0.2, -0.15) is 0 Å². The van der Waals surface area contributed by atoms with Crippen LogP contribution in [-0.2, 0) is 4.79 Å². The van der Waals surface area contributed by atoms with Crippen LogP contribution in [0.1, 0.15) is 45.6 Å². The van der Waals surface area contributed by atoms with Crippen molar-refractivity contribution in [2.24, 2.45) is 16.7 Å². The highest BCUT2D eigenvalue weighted by Gasteiger charge is 2.70. The van der Waals surface area contributed by atoms with Gasteiger partial charge in [-0.3, -0.25) is 4.79 Å². The van der Waals surface area contributed by atoms with Crippen molar-refractivity contribution < 1.29 is 9.90 Å². The fraction of sp³-hybridized carbons (Fsp3) is 0.562. The Morgan fingerprint density at radius 3 is 2.06 bits per heavy atom. The first-order valence-electron chi connectivity index (χ1n) is 6.61. The van der Waals surface area contributed by atoms with Crippen molar-refractivity contribution >= 4 is 5.97 Å². The van der Waals surface area contributed by atoms with Crippen LogP contribution in [0.2, 0.25) is 0 Å². The molecule has 2 heteroatoms. The summed E-state index contributed by atoms with van der Waals surface area (Å²) in [6.07, 6.45) is 0.771. The third kappa shape index (κ3) is 1.75. The van der Waals surface area contributed by atoms with E-state index in [1.54, 1.807) is 0 Å². The van der Waals surface area contributed by atoms with Gasteiger partial charge in [0, 0.05) is 5.92 Å². The molecule has 0 amide bonds. The molecule has 98 valence electrons. The monoisotopic (exact) mass is 246 g/mol. The lowest BCUT2D eigenvalue weighted by Crippen LogP contribution is -2.31. The molecule has 18 heavy (non-hydrogen) atoms. The summed E-state index contributed by atoms with van der Waals surface area (Å²) in [7, 11) is 0. The highest BCUT2D eigenvalue weighted by atomic mass is 16.4. The van der Waals surface area contributed by atoms with Crippen LogP contribution in [0, 0.1) is 16.7 Å². The SMILES string of the molecule is CC(C)C(c1ccccc1)C1(C(=O)O)CC1(C)C. The summed E-state index contributed by atoms with van der Waals surface area (Å²) in [5.74, 6) is -0.230. The maximum Gasteiger partial charge on any atom is 0.310 e. The van der Waals surface area contributed by atoms with Crippen molar-refractivity contribution in [3.05, 3.63) is 35.9 Å². The molecule has 0 aliphatic heterocycles. The standard InChI is InChI=1S/C16H22O2/c1-11(2)13(12-8-6-5-7-9-12)16(14(17)18)10-15(16,3)4/h5-9,11,13H,10H2,1-4H3,(H,17,18). The Morgan fingerprint density at radius 1 is 1.22 bits per heavy atom. The van der Waals surface area contributed by atoms with Gasteiger partial charge in [0.05, 0.1) is 5.41 Å². The Balaban J connectivity index is 2.47. The molecule has 0 spiro atoms. The van der Waals surface area contributed by atoms with E-state index in [1.165, 1.54) is 0 Å². The second-order valence-electron chi connectivity index (χ2n) is 6.47. The minimum absolute atomic E-state index is 0.0891. The molecule has 0 aromatic heterocycles. The van der Waals surface area contributed by atoms with Crippen molar-refractivity contribution in [3.63, 3.8) is 0 Å². The highest BCUT2D eigenvalue weighted by molar-refractivity contribution is 5.81. The Labute approximate surface area is 109 Å². The fourth-order valence-electron chi connectivity index (χ4n) is 3.58. The van der Waals surface area contributed by atoms with Crippen molar-refractivity contribution in [1.82, 2.24) is 0 Å². The molecular weight excluding hydrogens is 224 g/mol. The number of aliphatic carboxylic acids is 1. The lowest BCUT2D eigenvalue weighted by molar-refractivity contribution is -0.146. The predicted molar refractivity (Wildman–Crippen MR) is 72.5 cm³/mol. The summed E-state index contributed by atoms with van der Waals surface area (Å²) in [6.45, 7) is 8.38. The summed E-state index contributed by atoms with van der Waals surface area (Å²) in [6, 6.07) is 10.1. The first-order chi connectivity index (χ1) is 8.33. The second kappa shape index (κ2) is 4.11. The summed E-state index contributed by atoms with van der Waals surface area (Å²) in [4.78, 5) is 11.8. The van der Waals surface area contributed by atoms with E-state index in [0.717, 1.165) is 12.0 Å². The van der Waals surface area contributed by atoms with Crippen LogP contribution >= 0.6 is 0 Å². The molecule has 0 heterocycles. The Bertz CT molecular complexity index is 447. The van der Waals surface area contributed by atoms with Gasteiger partial charge in [-0.25, -0.2) is 0 Å². The molecule has 1 saturated carbocycles. The lowest BCUT2D eigenvalue weighted by Gasteiger charge is -2.30. The van der Waals surface area contributed by atoms with E-state index in [4.69, 9.17) is 0 Å². The number of carboxylic acid groups (broad SMARTS) is 1. The number of carbonyl (C=O) groups is 1. The maximum absolute atomic E-state index is 11.8. The Kier molecular flexibility index (Phi) is 3.00. The van der Waals surface area contributed by atoms with Crippen LogP contribution in [0.4, 0.5) is 0 Å². The number of benzene rings is 1. The number of carboxylic acids is 1. The molecule has 1 aliphatic carbocycles. The molecule has 2 rings (SSSR count). The minimum Gasteiger partial charge on any atom is -0.481 e. The molecule has 0 saturated heterocycles. The van der Waals surface area contributed by atoms with Gasteiger partial charge in [-0.15, -0.1) is 0 Å². The zero-order valence-corrected chi connectivity index (χ0v) is 11.6. The molecular formula is C16H22O2. The third-order valence-electron chi connectivity index (χ3n) is 4.54. The molecule has 1 aromatic rings. The second-order valence-corrected chi connectivity index (χ2v) is 6.47. The lowest BCUT2D eigenvalue weighted by atomic mass is 9.72. The Morgan fingerprint density at radius 2 is 1.72 bits per heavy atom. The van der Waals surface area contributed by atoms with Crippen LogP contribution in [0.3, 0.4) is 0 Å². The summed E-state index contributed by atoms with van der Waals surface area (Å²) in [5, 5.41) is 9.72. The molecule has 1 N–H and O–H groups in total. The van der Waals surface area contributed by atoms with Gasteiger partial charge in [0.2, 0.25) is 0 Å². The average molecular weight is 246 g/mol. The van der Waals surface area contributed by atoms with E-state index in [-0.39, 0.29) is 11.3 Å². The zero-order chi connectivity index (χ0) is 13.6. The van der Waals surface area contributed by atoms with Gasteiger partial charge in [-0.05, 0) is 23.3 Å². The molecule has 2 atom stereocenters. The highest BCUT2D eigenvalue weighted by Crippen LogP contribution is 2.71. The van der Waals surface area contributed by atoms with E-state index in [9.17, 15) is 9.90 Å². The van der Waals surface area contributed by atoms with Gasteiger partial charge in [0.15, 0.2) is 0 Å². The van der Waals surface area contributed by atoms with Crippen molar-refractivity contribution in [1.29, 1.82) is 0 Å². The normalized spacial score (nSPS) is 26.9. The van der Waals surface area contributed by atoms with E-state index < -0.39 is 11.4 Å². The molecule has 1 aliphatic rings. The molecule has 0 radical (unpaired) electrons. The topological polar surface area (TPSA) is 37.3 Å². The molecule has 2 unspecified atom stereocenters. The molecule has 1 aromatic carbocycles. The predicted octanol–water partition coefficient (Wildman–Crippen LogP) is 3.93. The van der Waals surface area contributed by atoms with Crippen LogP contribution < -0.4 is 0 Å². The summed E-state index contributed by atoms with van der Waals surface area (Å²) < 4.78 is 0. The Hall–Kier alpha value is -1.31. The van der Waals surface area contributed by atoms with Gasteiger partial charge >= 0.3 is 5.97 Å². The molecule has 1 fully saturated rings. The van der Waals surface area contributed by atoms with Crippen LogP contribution in [0.25, 0.3) is 0 Å². The quantitative estimate of drug-likeness (QED) is 0.874. The smallest absolute Gasteiger partial charge is 0.310 e. The summed E-state index contributed by atoms with van der Waals surface area (Å²) in [5.41, 5.74) is 0.451. The van der Waals surface area contributed by atoms with E-state index in [0.29, 0.717) is 5.92 Å². The molecule has 2 nitrogen and oxygen atoms in total. The van der Waals surface area contributed by atoms with Crippen molar-refractivity contribution in [2.75, 3.05) is 0 Å². The van der Waals surface area contributed by atoms with Gasteiger partial charge in [0.25, 0.3) is 0 Å². The van der Waals surface area contributed by atoms with Crippen LogP contribution in [0.15, 0.2) is 30.3 Å². The largest absolute Gasteiger partial charge is 0.481 e. The van der Waals surface area contributed by atoms with Gasteiger partial charge < -0.3 is 5.11 Å². The number of hydrogen-bond donors (Lipinski definition) is 1. The molecule has 0 bridgehead atoms. The van der Waals surface area contributed by atoms with Crippen LogP contribution in [0.5, 0.6) is 0 Å². The van der Waals surface area contributed by atoms with Gasteiger partial charge in [0.1, 0.15) is 0 Å². The average Bonchev–Trinajstić information content (AvgIpc) is 2.84. The fourth-order valence-corrected chi connectivity index (χ4v) is 3.58. The van der Waals surface area contributed by atoms with Crippen molar-refractivity contribution in [3.8, 4) is 0 Å². The van der Waals surface area contributed by atoms with E-state index >= 15 is 0 Å². The maximum atomic E-state index is 11.8.